The fourth-order valence-electron chi connectivity index (χ4n) is 3.35. The molecule has 2 heterocycles. The Morgan fingerprint density at radius 2 is 1.94 bits per heavy atom. The van der Waals surface area contributed by atoms with Crippen molar-refractivity contribution in [3.8, 4) is 5.69 Å². The van der Waals surface area contributed by atoms with Crippen molar-refractivity contribution in [2.75, 3.05) is 5.32 Å². The van der Waals surface area contributed by atoms with Gasteiger partial charge in [-0.2, -0.15) is 0 Å². The summed E-state index contributed by atoms with van der Waals surface area (Å²) in [5.74, 6) is -1.06. The number of carbonyl (C=O) groups is 1. The highest BCUT2D eigenvalue weighted by atomic mass is 35.5. The Morgan fingerprint density at radius 3 is 2.68 bits per heavy atom. The maximum atomic E-state index is 13.3. The van der Waals surface area contributed by atoms with Crippen LogP contribution in [0.2, 0.25) is 5.02 Å². The summed E-state index contributed by atoms with van der Waals surface area (Å²) in [6, 6.07) is 10.6. The average Bonchev–Trinajstić information content (AvgIpc) is 3.21. The maximum Gasteiger partial charge on any atom is 0.336 e. The summed E-state index contributed by atoms with van der Waals surface area (Å²) in [7, 11) is 0. The lowest BCUT2D eigenvalue weighted by atomic mass is 10.1. The summed E-state index contributed by atoms with van der Waals surface area (Å²) in [4.78, 5) is 39.1. The molecule has 1 N–H and O–H groups in total. The summed E-state index contributed by atoms with van der Waals surface area (Å²) in [6.45, 7) is 3.39. The number of thiophene rings is 1. The van der Waals surface area contributed by atoms with Crippen LogP contribution in [0.25, 0.3) is 15.9 Å². The predicted octanol–water partition coefficient (Wildman–Crippen LogP) is 4.26. The van der Waals surface area contributed by atoms with Gasteiger partial charge < -0.3 is 5.32 Å². The largest absolute Gasteiger partial charge is 0.336 e. The van der Waals surface area contributed by atoms with E-state index in [1.807, 2.05) is 19.9 Å². The first-order chi connectivity index (χ1) is 14.8. The fourth-order valence-corrected chi connectivity index (χ4v) is 4.39. The molecule has 0 atom stereocenters. The molecule has 0 spiro atoms. The third-order valence-corrected chi connectivity index (χ3v) is 6.28. The number of aryl methyl sites for hydroxylation is 1. The molecule has 6 nitrogen and oxygen atoms in total. The molecule has 0 bridgehead atoms. The van der Waals surface area contributed by atoms with E-state index in [4.69, 9.17) is 11.6 Å². The van der Waals surface area contributed by atoms with Crippen LogP contribution in [-0.2, 0) is 11.3 Å². The second-order valence-electron chi connectivity index (χ2n) is 7.04. The van der Waals surface area contributed by atoms with Crippen LogP contribution in [0.5, 0.6) is 0 Å². The summed E-state index contributed by atoms with van der Waals surface area (Å²) >= 11 is 7.18. The number of hydrogen-bond acceptors (Lipinski definition) is 4. The van der Waals surface area contributed by atoms with E-state index in [0.717, 1.165) is 21.8 Å². The van der Waals surface area contributed by atoms with Crippen LogP contribution in [-0.4, -0.2) is 15.0 Å². The zero-order valence-electron chi connectivity index (χ0n) is 16.6. The van der Waals surface area contributed by atoms with Gasteiger partial charge in [0.25, 0.3) is 5.56 Å². The molecule has 2 aromatic heterocycles. The molecule has 0 radical (unpaired) electrons. The van der Waals surface area contributed by atoms with E-state index in [1.54, 1.807) is 23.6 Å². The first kappa shape index (κ1) is 21.0. The van der Waals surface area contributed by atoms with Crippen molar-refractivity contribution < 1.29 is 9.18 Å². The minimum Gasteiger partial charge on any atom is -0.323 e. The second kappa shape index (κ2) is 8.13. The van der Waals surface area contributed by atoms with Crippen molar-refractivity contribution in [3.05, 3.63) is 90.6 Å². The Labute approximate surface area is 185 Å². The molecule has 0 aliphatic rings. The number of anilines is 1. The highest BCUT2D eigenvalue weighted by Crippen LogP contribution is 2.23. The zero-order valence-corrected chi connectivity index (χ0v) is 18.2. The number of nitrogens with zero attached hydrogens (tertiary/aromatic N) is 2. The van der Waals surface area contributed by atoms with Crippen LogP contribution in [0.1, 0.15) is 11.1 Å². The van der Waals surface area contributed by atoms with E-state index in [-0.39, 0.29) is 17.3 Å². The summed E-state index contributed by atoms with van der Waals surface area (Å²) in [5, 5.41) is 4.32. The van der Waals surface area contributed by atoms with Crippen molar-refractivity contribution in [1.82, 2.24) is 9.13 Å². The molecule has 9 heteroatoms. The number of halogens is 2. The number of benzene rings is 2. The number of nitrogens with one attached hydrogen (secondary N) is 1. The molecule has 0 aliphatic carbocycles. The number of aromatic nitrogens is 2. The molecule has 0 saturated carbocycles. The van der Waals surface area contributed by atoms with Crippen LogP contribution in [0.3, 0.4) is 0 Å². The average molecular weight is 458 g/mol. The molecule has 0 saturated heterocycles. The molecule has 0 aliphatic heterocycles. The van der Waals surface area contributed by atoms with Gasteiger partial charge >= 0.3 is 5.69 Å². The summed E-state index contributed by atoms with van der Waals surface area (Å²) in [5.41, 5.74) is 1.76. The Morgan fingerprint density at radius 1 is 1.16 bits per heavy atom. The van der Waals surface area contributed by atoms with Gasteiger partial charge in [0, 0.05) is 0 Å². The second-order valence-corrected chi connectivity index (χ2v) is 8.36. The van der Waals surface area contributed by atoms with E-state index in [9.17, 15) is 18.8 Å². The van der Waals surface area contributed by atoms with Gasteiger partial charge in [-0.1, -0.05) is 23.7 Å². The monoisotopic (exact) mass is 457 g/mol. The van der Waals surface area contributed by atoms with E-state index < -0.39 is 23.0 Å². The van der Waals surface area contributed by atoms with E-state index >= 15 is 0 Å². The third-order valence-electron chi connectivity index (χ3n) is 5.08. The zero-order chi connectivity index (χ0) is 22.3. The SMILES string of the molecule is Cc1cccc(-n2c(=O)c3sccc3n(CC(=O)Nc3ccc(F)cc3Cl)c2=O)c1C. The van der Waals surface area contributed by atoms with Crippen molar-refractivity contribution in [1.29, 1.82) is 0 Å². The van der Waals surface area contributed by atoms with Crippen LogP contribution in [0.4, 0.5) is 10.1 Å². The maximum absolute atomic E-state index is 13.3. The first-order valence-corrected chi connectivity index (χ1v) is 10.6. The van der Waals surface area contributed by atoms with Gasteiger partial charge in [0.1, 0.15) is 17.1 Å². The molecular weight excluding hydrogens is 441 g/mol. The Bertz CT molecular complexity index is 1450. The first-order valence-electron chi connectivity index (χ1n) is 9.32. The normalized spacial score (nSPS) is 11.1. The van der Waals surface area contributed by atoms with Gasteiger partial charge in [0.15, 0.2) is 0 Å². The molecule has 1 amide bonds. The molecule has 158 valence electrons. The van der Waals surface area contributed by atoms with Gasteiger partial charge in [-0.3, -0.25) is 14.2 Å². The fraction of sp³-hybridized carbons (Fsp3) is 0.136. The van der Waals surface area contributed by atoms with Crippen molar-refractivity contribution in [2.24, 2.45) is 0 Å². The standard InChI is InChI=1S/C22H17ClFN3O3S/c1-12-4-3-5-17(13(12)2)27-21(29)20-18(8-9-31-20)26(22(27)30)11-19(28)25-16-7-6-14(24)10-15(16)23/h3-10H,11H2,1-2H3,(H,25,28). The topological polar surface area (TPSA) is 73.1 Å². The Kier molecular flexibility index (Phi) is 5.51. The highest BCUT2D eigenvalue weighted by molar-refractivity contribution is 7.17. The minimum atomic E-state index is -0.620. The van der Waals surface area contributed by atoms with Crippen molar-refractivity contribution in [2.45, 2.75) is 20.4 Å². The van der Waals surface area contributed by atoms with Crippen molar-refractivity contribution >= 4 is 44.7 Å². The molecule has 2 aromatic carbocycles. The van der Waals surface area contributed by atoms with Crippen LogP contribution >= 0.6 is 22.9 Å². The van der Waals surface area contributed by atoms with Gasteiger partial charge in [0.05, 0.1) is 21.9 Å². The number of amides is 1. The lowest BCUT2D eigenvalue weighted by molar-refractivity contribution is -0.116. The van der Waals surface area contributed by atoms with Gasteiger partial charge in [0.2, 0.25) is 5.91 Å². The van der Waals surface area contributed by atoms with Gasteiger partial charge in [-0.15, -0.1) is 11.3 Å². The van der Waals surface area contributed by atoms with E-state index in [0.29, 0.717) is 15.9 Å². The molecule has 4 aromatic rings. The molecule has 31 heavy (non-hydrogen) atoms. The van der Waals surface area contributed by atoms with Gasteiger partial charge in [-0.25, -0.2) is 13.8 Å². The number of hydrogen-bond donors (Lipinski definition) is 1. The lowest BCUT2D eigenvalue weighted by Crippen LogP contribution is -2.40. The van der Waals surface area contributed by atoms with Gasteiger partial charge in [-0.05, 0) is 60.7 Å². The van der Waals surface area contributed by atoms with Crippen LogP contribution in [0.15, 0.2) is 57.4 Å². The van der Waals surface area contributed by atoms with E-state index in [2.05, 4.69) is 5.32 Å². The summed E-state index contributed by atoms with van der Waals surface area (Å²) in [6.07, 6.45) is 0. The number of rotatable bonds is 4. The van der Waals surface area contributed by atoms with Crippen LogP contribution in [0, 0.1) is 19.7 Å². The molecule has 4 rings (SSSR count). The van der Waals surface area contributed by atoms with E-state index in [1.165, 1.54) is 28.0 Å². The molecular formula is C22H17ClFN3O3S. The Balaban J connectivity index is 1.82. The smallest absolute Gasteiger partial charge is 0.323 e. The molecule has 0 fully saturated rings. The lowest BCUT2D eigenvalue weighted by Gasteiger charge is -2.15. The number of fused-ring (bicyclic) bond motifs is 1. The minimum absolute atomic E-state index is 0.0433. The summed E-state index contributed by atoms with van der Waals surface area (Å²) < 4.78 is 16.0. The molecule has 0 unspecified atom stereocenters. The van der Waals surface area contributed by atoms with Crippen LogP contribution < -0.4 is 16.6 Å². The third kappa shape index (κ3) is 3.80. The highest BCUT2D eigenvalue weighted by Gasteiger charge is 2.19. The predicted molar refractivity (Wildman–Crippen MR) is 121 cm³/mol. The Hall–Kier alpha value is -3.23. The van der Waals surface area contributed by atoms with Crippen molar-refractivity contribution in [3.63, 3.8) is 0 Å². The quantitative estimate of drug-likeness (QED) is 0.497. The number of carbonyl (C=O) groups excluding carboxylic acids is 1.